The zero-order valence-electron chi connectivity index (χ0n) is 18.1. The van der Waals surface area contributed by atoms with Gasteiger partial charge in [-0.2, -0.15) is 0 Å². The van der Waals surface area contributed by atoms with Crippen LogP contribution in [0.1, 0.15) is 38.3 Å². The van der Waals surface area contributed by atoms with E-state index in [9.17, 15) is 4.79 Å². The molecule has 160 valence electrons. The predicted octanol–water partition coefficient (Wildman–Crippen LogP) is 5.44. The second-order valence-electron chi connectivity index (χ2n) is 8.68. The summed E-state index contributed by atoms with van der Waals surface area (Å²) in [7, 11) is 0. The standard InChI is InChI=1S/C26H31NO2.ClH/c1-4-29-25(28)22-17-26(3)19(2)15-23(22)27(18-21-13-9-6-10-14-21)24(26)16-20-11-7-5-8-12-20;/h5-15,22-24H,4,16-18H2,1-3H3;1H. The summed E-state index contributed by atoms with van der Waals surface area (Å²) in [5.41, 5.74) is 4.00. The highest BCUT2D eigenvalue weighted by molar-refractivity contribution is 5.85. The first-order chi connectivity index (χ1) is 14.0. The minimum Gasteiger partial charge on any atom is -0.466 e. The van der Waals surface area contributed by atoms with Crippen LogP contribution in [0.25, 0.3) is 0 Å². The number of ether oxygens (including phenoxy) is 1. The van der Waals surface area contributed by atoms with Crippen molar-refractivity contribution < 1.29 is 9.53 Å². The Labute approximate surface area is 186 Å². The van der Waals surface area contributed by atoms with Gasteiger partial charge in [-0.3, -0.25) is 9.69 Å². The molecule has 0 radical (unpaired) electrons. The molecule has 2 heterocycles. The van der Waals surface area contributed by atoms with Crippen LogP contribution in [-0.4, -0.2) is 29.6 Å². The molecule has 0 saturated carbocycles. The monoisotopic (exact) mass is 425 g/mol. The van der Waals surface area contributed by atoms with Crippen LogP contribution in [0.15, 0.2) is 72.3 Å². The van der Waals surface area contributed by atoms with Crippen molar-refractivity contribution in [3.05, 3.63) is 83.4 Å². The normalized spacial score (nSPS) is 27.8. The molecule has 30 heavy (non-hydrogen) atoms. The number of halogens is 1. The van der Waals surface area contributed by atoms with E-state index < -0.39 is 0 Å². The molecule has 4 atom stereocenters. The fraction of sp³-hybridized carbons (Fsp3) is 0.423. The fourth-order valence-electron chi connectivity index (χ4n) is 5.26. The molecule has 0 aromatic heterocycles. The van der Waals surface area contributed by atoms with Crippen molar-refractivity contribution in [2.75, 3.05) is 6.61 Å². The predicted molar refractivity (Wildman–Crippen MR) is 124 cm³/mol. The second-order valence-corrected chi connectivity index (χ2v) is 8.68. The lowest BCUT2D eigenvalue weighted by molar-refractivity contribution is -0.157. The van der Waals surface area contributed by atoms with Crippen molar-refractivity contribution in [1.29, 1.82) is 0 Å². The summed E-state index contributed by atoms with van der Waals surface area (Å²) in [5.74, 6) is -0.150. The van der Waals surface area contributed by atoms with Gasteiger partial charge in [-0.25, -0.2) is 0 Å². The second kappa shape index (κ2) is 9.36. The third-order valence-corrected chi connectivity index (χ3v) is 6.97. The molecule has 5 rings (SSSR count). The minimum absolute atomic E-state index is 0. The van der Waals surface area contributed by atoms with Gasteiger partial charge < -0.3 is 4.74 Å². The first-order valence-electron chi connectivity index (χ1n) is 10.7. The zero-order chi connectivity index (χ0) is 20.4. The van der Waals surface area contributed by atoms with E-state index in [1.807, 2.05) is 6.92 Å². The molecule has 2 bridgehead atoms. The van der Waals surface area contributed by atoms with Gasteiger partial charge in [-0.05, 0) is 37.8 Å². The van der Waals surface area contributed by atoms with Crippen molar-refractivity contribution in [2.24, 2.45) is 11.3 Å². The van der Waals surface area contributed by atoms with Gasteiger partial charge in [0, 0.05) is 24.0 Å². The highest BCUT2D eigenvalue weighted by atomic mass is 35.5. The molecule has 0 N–H and O–H groups in total. The number of carbonyl (C=O) groups excluding carboxylic acids is 1. The fourth-order valence-corrected chi connectivity index (χ4v) is 5.26. The maximum Gasteiger partial charge on any atom is 0.310 e. The summed E-state index contributed by atoms with van der Waals surface area (Å²) in [6, 6.07) is 21.8. The largest absolute Gasteiger partial charge is 0.466 e. The van der Waals surface area contributed by atoms with Crippen molar-refractivity contribution in [1.82, 2.24) is 4.90 Å². The van der Waals surface area contributed by atoms with Gasteiger partial charge in [-0.1, -0.05) is 79.2 Å². The summed E-state index contributed by atoms with van der Waals surface area (Å²) < 4.78 is 5.47. The Balaban J connectivity index is 0.00000256. The molecule has 2 aromatic rings. The van der Waals surface area contributed by atoms with E-state index in [1.165, 1.54) is 16.7 Å². The molecule has 0 spiro atoms. The number of carbonyl (C=O) groups is 1. The number of rotatable bonds is 6. The smallest absolute Gasteiger partial charge is 0.310 e. The highest BCUT2D eigenvalue weighted by Crippen LogP contribution is 2.52. The average Bonchev–Trinajstić information content (AvgIpc) is 2.73. The molecular weight excluding hydrogens is 394 g/mol. The summed E-state index contributed by atoms with van der Waals surface area (Å²) in [6.07, 6.45) is 4.18. The molecule has 1 aliphatic carbocycles. The third-order valence-electron chi connectivity index (χ3n) is 6.97. The molecule has 0 amide bonds. The van der Waals surface area contributed by atoms with Crippen LogP contribution in [0.2, 0.25) is 0 Å². The molecule has 3 nitrogen and oxygen atoms in total. The Morgan fingerprint density at radius 2 is 1.67 bits per heavy atom. The Kier molecular flexibility index (Phi) is 7.05. The first kappa shape index (κ1) is 22.6. The quantitative estimate of drug-likeness (QED) is 0.456. The van der Waals surface area contributed by atoms with Crippen LogP contribution < -0.4 is 0 Å². The van der Waals surface area contributed by atoms with E-state index in [1.54, 1.807) is 0 Å². The van der Waals surface area contributed by atoms with Gasteiger partial charge in [-0.15, -0.1) is 12.4 Å². The van der Waals surface area contributed by atoms with Crippen molar-refractivity contribution >= 4 is 18.4 Å². The summed E-state index contributed by atoms with van der Waals surface area (Å²) >= 11 is 0. The van der Waals surface area contributed by atoms with Gasteiger partial charge in [0.15, 0.2) is 0 Å². The molecule has 2 aliphatic heterocycles. The molecule has 4 heteroatoms. The SMILES string of the molecule is CCOC(=O)C1CC2(C)C(C)=CC1N(Cc1ccccc1)C2Cc1ccccc1.Cl. The van der Waals surface area contributed by atoms with Gasteiger partial charge in [0.1, 0.15) is 0 Å². The third kappa shape index (κ3) is 4.19. The van der Waals surface area contributed by atoms with Crippen LogP contribution in [0.3, 0.4) is 0 Å². The van der Waals surface area contributed by atoms with Crippen LogP contribution in [0.5, 0.6) is 0 Å². The first-order valence-corrected chi connectivity index (χ1v) is 10.7. The van der Waals surface area contributed by atoms with Crippen LogP contribution in [0.4, 0.5) is 0 Å². The summed E-state index contributed by atoms with van der Waals surface area (Å²) in [5, 5.41) is 0. The van der Waals surface area contributed by atoms with Gasteiger partial charge in [0.2, 0.25) is 0 Å². The molecule has 4 unspecified atom stereocenters. The Hall–Kier alpha value is -2.10. The number of nitrogens with zero attached hydrogens (tertiary/aromatic N) is 1. The molecule has 3 aliphatic rings. The maximum absolute atomic E-state index is 12.8. The van der Waals surface area contributed by atoms with E-state index >= 15 is 0 Å². The summed E-state index contributed by atoms with van der Waals surface area (Å²) in [6.45, 7) is 7.76. The zero-order valence-corrected chi connectivity index (χ0v) is 18.9. The number of esters is 1. The topological polar surface area (TPSA) is 29.5 Å². The van der Waals surface area contributed by atoms with E-state index in [2.05, 4.69) is 85.5 Å². The van der Waals surface area contributed by atoms with E-state index in [-0.39, 0.29) is 35.8 Å². The molecule has 1 saturated heterocycles. The lowest BCUT2D eigenvalue weighted by atomic mass is 9.59. The van der Waals surface area contributed by atoms with Crippen LogP contribution >= 0.6 is 12.4 Å². The summed E-state index contributed by atoms with van der Waals surface area (Å²) in [4.78, 5) is 15.4. The number of hydrogen-bond donors (Lipinski definition) is 0. The number of hydrogen-bond acceptors (Lipinski definition) is 3. The molecular formula is C26H32ClNO2. The van der Waals surface area contributed by atoms with Crippen LogP contribution in [0, 0.1) is 11.3 Å². The molecule has 2 aromatic carbocycles. The van der Waals surface area contributed by atoms with Gasteiger partial charge in [0.05, 0.1) is 12.5 Å². The number of fused-ring (bicyclic) bond motifs is 2. The van der Waals surface area contributed by atoms with Crippen molar-refractivity contribution in [3.63, 3.8) is 0 Å². The Morgan fingerprint density at radius 3 is 2.27 bits per heavy atom. The van der Waals surface area contributed by atoms with E-state index in [0.29, 0.717) is 12.6 Å². The Bertz CT molecular complexity index is 882. The van der Waals surface area contributed by atoms with Crippen LogP contribution in [-0.2, 0) is 22.5 Å². The number of piperidine rings is 1. The lowest BCUT2D eigenvalue weighted by Crippen LogP contribution is -2.64. The van der Waals surface area contributed by atoms with Gasteiger partial charge >= 0.3 is 5.97 Å². The van der Waals surface area contributed by atoms with Crippen molar-refractivity contribution in [3.8, 4) is 0 Å². The molecule has 1 fully saturated rings. The van der Waals surface area contributed by atoms with E-state index in [4.69, 9.17) is 4.74 Å². The maximum atomic E-state index is 12.8. The van der Waals surface area contributed by atoms with Crippen molar-refractivity contribution in [2.45, 2.75) is 52.2 Å². The van der Waals surface area contributed by atoms with E-state index in [0.717, 1.165) is 19.4 Å². The average molecular weight is 426 g/mol. The van der Waals surface area contributed by atoms with Gasteiger partial charge in [0.25, 0.3) is 0 Å². The minimum atomic E-state index is -0.0978. The number of benzene rings is 2. The highest BCUT2D eigenvalue weighted by Gasteiger charge is 2.55. The Morgan fingerprint density at radius 1 is 1.07 bits per heavy atom. The lowest BCUT2D eigenvalue weighted by Gasteiger charge is -2.59.